The minimum absolute atomic E-state index is 0.135. The lowest BCUT2D eigenvalue weighted by Gasteiger charge is -2.44. The van der Waals surface area contributed by atoms with Gasteiger partial charge in [0.15, 0.2) is 0 Å². The Hall–Kier alpha value is -2.77. The van der Waals surface area contributed by atoms with Crippen molar-refractivity contribution in [3.63, 3.8) is 0 Å². The zero-order chi connectivity index (χ0) is 28.1. The van der Waals surface area contributed by atoms with Crippen LogP contribution in [0.3, 0.4) is 0 Å². The normalized spacial score (nSPS) is 16.8. The third kappa shape index (κ3) is 7.00. The van der Waals surface area contributed by atoms with Gasteiger partial charge in [0.1, 0.15) is 12.5 Å². The average molecular weight is 529 g/mol. The van der Waals surface area contributed by atoms with E-state index in [0.29, 0.717) is 12.4 Å². The molecule has 0 aromatic heterocycles. The molecule has 1 aliphatic rings. The molecule has 0 fully saturated rings. The summed E-state index contributed by atoms with van der Waals surface area (Å²) >= 11 is 0. The molecule has 3 rings (SSSR count). The van der Waals surface area contributed by atoms with Crippen molar-refractivity contribution < 1.29 is 23.0 Å². The SMILES string of the molecule is CCCCOc1cccc(C(F)(F)C(C2C=Cc3ccccc32)N(COC(C)(C)C)C(C)C(=O)N(C)C)c1. The van der Waals surface area contributed by atoms with Crippen molar-refractivity contribution >= 4 is 12.0 Å². The van der Waals surface area contributed by atoms with E-state index in [1.807, 2.05) is 57.2 Å². The molecule has 3 unspecified atom stereocenters. The number of benzene rings is 2. The van der Waals surface area contributed by atoms with Gasteiger partial charge in [0.05, 0.1) is 24.3 Å². The van der Waals surface area contributed by atoms with Crippen molar-refractivity contribution in [2.75, 3.05) is 27.4 Å². The Morgan fingerprint density at radius 3 is 2.45 bits per heavy atom. The second-order valence-electron chi connectivity index (χ2n) is 11.1. The third-order valence-electron chi connectivity index (χ3n) is 6.83. The molecule has 0 radical (unpaired) electrons. The van der Waals surface area contributed by atoms with E-state index in [4.69, 9.17) is 9.47 Å². The topological polar surface area (TPSA) is 42.0 Å². The van der Waals surface area contributed by atoms with E-state index < -0.39 is 29.5 Å². The van der Waals surface area contributed by atoms with Gasteiger partial charge in [-0.15, -0.1) is 0 Å². The summed E-state index contributed by atoms with van der Waals surface area (Å²) in [7, 11) is 3.27. The molecular formula is C31H42F2N2O3. The molecule has 1 aliphatic carbocycles. The molecule has 2 aromatic carbocycles. The van der Waals surface area contributed by atoms with Crippen LogP contribution in [0.25, 0.3) is 6.08 Å². The molecule has 0 saturated carbocycles. The predicted molar refractivity (Wildman–Crippen MR) is 148 cm³/mol. The van der Waals surface area contributed by atoms with Crippen LogP contribution in [0, 0.1) is 0 Å². The number of unbranched alkanes of at least 4 members (excludes halogenated alkanes) is 1. The molecule has 7 heteroatoms. The molecule has 0 bridgehead atoms. The largest absolute Gasteiger partial charge is 0.494 e. The molecule has 0 aliphatic heterocycles. The highest BCUT2D eigenvalue weighted by Gasteiger charge is 2.52. The summed E-state index contributed by atoms with van der Waals surface area (Å²) in [5, 5.41) is 0. The molecule has 0 saturated heterocycles. The first-order valence-corrected chi connectivity index (χ1v) is 13.4. The van der Waals surface area contributed by atoms with E-state index in [1.54, 1.807) is 33.2 Å². The number of fused-ring (bicyclic) bond motifs is 1. The molecule has 3 atom stereocenters. The molecule has 1 amide bonds. The number of amides is 1. The summed E-state index contributed by atoms with van der Waals surface area (Å²) in [5.41, 5.74) is 0.964. The van der Waals surface area contributed by atoms with Gasteiger partial charge in [-0.2, -0.15) is 8.78 Å². The summed E-state index contributed by atoms with van der Waals surface area (Å²) in [6, 6.07) is 11.5. The van der Waals surface area contributed by atoms with E-state index in [0.717, 1.165) is 24.0 Å². The number of rotatable bonds is 12. The minimum atomic E-state index is -3.35. The van der Waals surface area contributed by atoms with Crippen molar-refractivity contribution in [3.8, 4) is 5.75 Å². The van der Waals surface area contributed by atoms with Crippen molar-refractivity contribution in [1.29, 1.82) is 0 Å². The highest BCUT2D eigenvalue weighted by Crippen LogP contribution is 2.47. The Labute approximate surface area is 226 Å². The van der Waals surface area contributed by atoms with E-state index in [2.05, 4.69) is 6.92 Å². The second kappa shape index (κ2) is 12.4. The molecular weight excluding hydrogens is 486 g/mol. The van der Waals surface area contributed by atoms with Crippen LogP contribution in [0.4, 0.5) is 8.78 Å². The predicted octanol–water partition coefficient (Wildman–Crippen LogP) is 6.69. The number of hydrogen-bond donors (Lipinski definition) is 0. The lowest BCUT2D eigenvalue weighted by molar-refractivity contribution is -0.166. The Balaban J connectivity index is 2.13. The fourth-order valence-electron chi connectivity index (χ4n) is 4.71. The first-order valence-electron chi connectivity index (χ1n) is 13.4. The maximum atomic E-state index is 16.9. The molecule has 208 valence electrons. The Kier molecular flexibility index (Phi) is 9.71. The zero-order valence-electron chi connectivity index (χ0n) is 23.7. The first-order chi connectivity index (χ1) is 17.9. The number of likely N-dealkylation sites (N-methyl/N-ethyl adjacent to an activating group) is 1. The fourth-order valence-corrected chi connectivity index (χ4v) is 4.71. The van der Waals surface area contributed by atoms with Crippen LogP contribution in [-0.4, -0.2) is 60.8 Å². The summed E-state index contributed by atoms with van der Waals surface area (Å²) < 4.78 is 45.7. The van der Waals surface area contributed by atoms with E-state index in [-0.39, 0.29) is 18.2 Å². The standard InChI is InChI=1S/C31H42F2N2O3/c1-8-9-19-37-25-15-12-14-24(20-25)31(32,33)28(27-18-17-23-13-10-11-16-26(23)27)35(21-38-30(3,4)5)22(2)29(36)34(6)7/h10-18,20,22,27-28H,8-9,19,21H2,1-7H3. The van der Waals surface area contributed by atoms with Crippen LogP contribution in [-0.2, 0) is 15.5 Å². The molecule has 0 heterocycles. The number of hydrogen-bond acceptors (Lipinski definition) is 4. The lowest BCUT2D eigenvalue weighted by atomic mass is 9.84. The van der Waals surface area contributed by atoms with Crippen LogP contribution in [0.2, 0.25) is 0 Å². The number of carbonyl (C=O) groups is 1. The van der Waals surface area contributed by atoms with Gasteiger partial charge < -0.3 is 14.4 Å². The van der Waals surface area contributed by atoms with Crippen molar-refractivity contribution in [2.45, 2.75) is 77.0 Å². The van der Waals surface area contributed by atoms with Gasteiger partial charge in [0.25, 0.3) is 5.92 Å². The Bertz CT molecular complexity index is 1110. The number of ether oxygens (including phenoxy) is 2. The molecule has 5 nitrogen and oxygen atoms in total. The molecule has 0 N–H and O–H groups in total. The van der Waals surface area contributed by atoms with Crippen LogP contribution in [0.5, 0.6) is 5.75 Å². The maximum absolute atomic E-state index is 16.9. The van der Waals surface area contributed by atoms with Gasteiger partial charge in [0.2, 0.25) is 5.91 Å². The smallest absolute Gasteiger partial charge is 0.289 e. The molecule has 2 aromatic rings. The fraction of sp³-hybridized carbons (Fsp3) is 0.516. The van der Waals surface area contributed by atoms with Crippen LogP contribution in [0.15, 0.2) is 54.6 Å². The van der Waals surface area contributed by atoms with Gasteiger partial charge >= 0.3 is 0 Å². The average Bonchev–Trinajstić information content (AvgIpc) is 3.28. The van der Waals surface area contributed by atoms with Gasteiger partial charge in [-0.25, -0.2) is 0 Å². The van der Waals surface area contributed by atoms with Crippen LogP contribution >= 0.6 is 0 Å². The highest BCUT2D eigenvalue weighted by molar-refractivity contribution is 5.81. The van der Waals surface area contributed by atoms with Gasteiger partial charge in [-0.3, -0.25) is 9.69 Å². The number of carbonyl (C=O) groups excluding carboxylic acids is 1. The Morgan fingerprint density at radius 1 is 1.08 bits per heavy atom. The minimum Gasteiger partial charge on any atom is -0.494 e. The summed E-state index contributed by atoms with van der Waals surface area (Å²) in [6.45, 7) is 9.68. The van der Waals surface area contributed by atoms with E-state index in [1.165, 1.54) is 21.9 Å². The maximum Gasteiger partial charge on any atom is 0.289 e. The van der Waals surface area contributed by atoms with Crippen molar-refractivity contribution in [2.24, 2.45) is 0 Å². The summed E-state index contributed by atoms with van der Waals surface area (Å²) in [5.74, 6) is -3.87. The number of halogens is 2. The summed E-state index contributed by atoms with van der Waals surface area (Å²) in [6.07, 6.45) is 5.50. The number of nitrogens with zero attached hydrogens (tertiary/aromatic N) is 2. The third-order valence-corrected chi connectivity index (χ3v) is 6.83. The lowest BCUT2D eigenvalue weighted by Crippen LogP contribution is -2.57. The van der Waals surface area contributed by atoms with Crippen molar-refractivity contribution in [3.05, 3.63) is 71.3 Å². The van der Waals surface area contributed by atoms with Gasteiger partial charge in [0, 0.05) is 25.6 Å². The summed E-state index contributed by atoms with van der Waals surface area (Å²) in [4.78, 5) is 16.1. The van der Waals surface area contributed by atoms with Gasteiger partial charge in [-0.1, -0.05) is 61.9 Å². The van der Waals surface area contributed by atoms with Gasteiger partial charge in [-0.05, 0) is 57.4 Å². The van der Waals surface area contributed by atoms with Crippen LogP contribution in [0.1, 0.15) is 70.1 Å². The Morgan fingerprint density at radius 2 is 1.79 bits per heavy atom. The highest BCUT2D eigenvalue weighted by atomic mass is 19.3. The monoisotopic (exact) mass is 528 g/mol. The van der Waals surface area contributed by atoms with Crippen LogP contribution < -0.4 is 4.74 Å². The van der Waals surface area contributed by atoms with E-state index >= 15 is 8.78 Å². The molecule has 38 heavy (non-hydrogen) atoms. The zero-order valence-corrected chi connectivity index (χ0v) is 23.7. The van der Waals surface area contributed by atoms with E-state index in [9.17, 15) is 4.79 Å². The van der Waals surface area contributed by atoms with Crippen molar-refractivity contribution in [1.82, 2.24) is 9.80 Å². The number of alkyl halides is 2. The first kappa shape index (κ1) is 29.8. The molecule has 0 spiro atoms. The second-order valence-corrected chi connectivity index (χ2v) is 11.1. The quantitative estimate of drug-likeness (QED) is 0.227.